The molecule has 25 heavy (non-hydrogen) atoms. The van der Waals surface area contributed by atoms with E-state index < -0.39 is 10.0 Å². The van der Waals surface area contributed by atoms with E-state index in [-0.39, 0.29) is 21.9 Å². The van der Waals surface area contributed by atoms with E-state index in [0.29, 0.717) is 5.52 Å². The van der Waals surface area contributed by atoms with Gasteiger partial charge in [-0.2, -0.15) is 0 Å². The fraction of sp³-hybridized carbons (Fsp3) is 0.211. The number of para-hydroxylation sites is 1. The van der Waals surface area contributed by atoms with E-state index >= 15 is 0 Å². The number of hydrogen-bond acceptors (Lipinski definition) is 4. The maximum absolute atomic E-state index is 12.6. The molecule has 1 aromatic heterocycles. The van der Waals surface area contributed by atoms with Gasteiger partial charge in [-0.05, 0) is 41.3 Å². The van der Waals surface area contributed by atoms with Gasteiger partial charge in [-0.3, -0.25) is 4.72 Å². The SMILES string of the molecule is CC(C)(C)c1ccc(S(=O)(=O)Nc2ccc3cccc(O)c3n2)cc1. The van der Waals surface area contributed by atoms with Crippen LogP contribution in [0.2, 0.25) is 0 Å². The molecule has 0 amide bonds. The van der Waals surface area contributed by atoms with Gasteiger partial charge in [0.05, 0.1) is 4.90 Å². The van der Waals surface area contributed by atoms with E-state index in [2.05, 4.69) is 30.5 Å². The van der Waals surface area contributed by atoms with Crippen LogP contribution >= 0.6 is 0 Å². The normalized spacial score (nSPS) is 12.3. The van der Waals surface area contributed by atoms with E-state index in [9.17, 15) is 13.5 Å². The Labute approximate surface area is 147 Å². The predicted octanol–water partition coefficient (Wildman–Crippen LogP) is 4.04. The minimum atomic E-state index is -3.75. The highest BCUT2D eigenvalue weighted by atomic mass is 32.2. The number of anilines is 1. The minimum absolute atomic E-state index is 0.00748. The molecule has 0 unspecified atom stereocenters. The Kier molecular flexibility index (Phi) is 4.16. The molecule has 0 saturated carbocycles. The molecular weight excluding hydrogens is 336 g/mol. The van der Waals surface area contributed by atoms with Crippen LogP contribution in [0.4, 0.5) is 5.82 Å². The summed E-state index contributed by atoms with van der Waals surface area (Å²) in [4.78, 5) is 4.37. The molecule has 6 heteroatoms. The van der Waals surface area contributed by atoms with Gasteiger partial charge in [-0.1, -0.05) is 45.0 Å². The molecule has 0 aliphatic rings. The number of rotatable bonds is 3. The average Bonchev–Trinajstić information content (AvgIpc) is 2.55. The van der Waals surface area contributed by atoms with Crippen molar-refractivity contribution in [3.63, 3.8) is 0 Å². The summed E-state index contributed by atoms with van der Waals surface area (Å²) in [5, 5.41) is 10.6. The van der Waals surface area contributed by atoms with Crippen molar-refractivity contribution in [2.24, 2.45) is 0 Å². The summed E-state index contributed by atoms with van der Waals surface area (Å²) in [6.07, 6.45) is 0. The number of benzene rings is 2. The minimum Gasteiger partial charge on any atom is -0.506 e. The van der Waals surface area contributed by atoms with Crippen molar-refractivity contribution in [3.8, 4) is 5.75 Å². The van der Waals surface area contributed by atoms with Gasteiger partial charge in [-0.25, -0.2) is 13.4 Å². The van der Waals surface area contributed by atoms with Gasteiger partial charge >= 0.3 is 0 Å². The number of hydrogen-bond donors (Lipinski definition) is 2. The summed E-state index contributed by atoms with van der Waals surface area (Å²) in [6.45, 7) is 6.21. The smallest absolute Gasteiger partial charge is 0.263 e. The number of pyridine rings is 1. The highest BCUT2D eigenvalue weighted by molar-refractivity contribution is 7.92. The molecule has 0 radical (unpaired) electrons. The van der Waals surface area contributed by atoms with Crippen LogP contribution in [0.5, 0.6) is 5.75 Å². The Hall–Kier alpha value is -2.60. The van der Waals surface area contributed by atoms with Crippen molar-refractivity contribution in [1.82, 2.24) is 4.98 Å². The monoisotopic (exact) mass is 356 g/mol. The topological polar surface area (TPSA) is 79.3 Å². The number of sulfonamides is 1. The molecule has 0 spiro atoms. The van der Waals surface area contributed by atoms with Crippen LogP contribution in [-0.2, 0) is 15.4 Å². The second kappa shape index (κ2) is 6.04. The molecule has 2 aromatic carbocycles. The van der Waals surface area contributed by atoms with Crippen molar-refractivity contribution in [2.45, 2.75) is 31.1 Å². The van der Waals surface area contributed by atoms with Crippen LogP contribution < -0.4 is 4.72 Å². The second-order valence-corrected chi connectivity index (χ2v) is 8.61. The van der Waals surface area contributed by atoms with Gasteiger partial charge in [-0.15, -0.1) is 0 Å². The lowest BCUT2D eigenvalue weighted by Crippen LogP contribution is -2.15. The number of fused-ring (bicyclic) bond motifs is 1. The number of aromatic hydroxyl groups is 1. The number of aromatic nitrogens is 1. The van der Waals surface area contributed by atoms with Gasteiger partial charge in [0.15, 0.2) is 0 Å². The Morgan fingerprint density at radius 2 is 1.64 bits per heavy atom. The lowest BCUT2D eigenvalue weighted by Gasteiger charge is -2.19. The Morgan fingerprint density at radius 1 is 0.960 bits per heavy atom. The summed E-state index contributed by atoms with van der Waals surface area (Å²) in [5.74, 6) is 0.168. The highest BCUT2D eigenvalue weighted by Gasteiger charge is 2.18. The van der Waals surface area contributed by atoms with E-state index in [4.69, 9.17) is 0 Å². The predicted molar refractivity (Wildman–Crippen MR) is 99.4 cm³/mol. The quantitative estimate of drug-likeness (QED) is 0.742. The lowest BCUT2D eigenvalue weighted by atomic mass is 9.87. The molecule has 3 rings (SSSR count). The number of phenolic OH excluding ortho intramolecular Hbond substituents is 1. The summed E-state index contributed by atoms with van der Waals surface area (Å²) >= 11 is 0. The zero-order valence-corrected chi connectivity index (χ0v) is 15.1. The molecule has 3 aromatic rings. The number of phenols is 1. The Morgan fingerprint density at radius 3 is 2.28 bits per heavy atom. The van der Waals surface area contributed by atoms with E-state index in [1.54, 1.807) is 36.4 Å². The first kappa shape index (κ1) is 17.2. The standard InChI is InChI=1S/C19H20N2O3S/c1-19(2,3)14-8-10-15(11-9-14)25(23,24)21-17-12-7-13-5-4-6-16(22)18(13)20-17/h4-12,22H,1-3H3,(H,20,21). The molecule has 0 bridgehead atoms. The van der Waals surface area contributed by atoms with E-state index in [1.165, 1.54) is 6.07 Å². The van der Waals surface area contributed by atoms with Crippen LogP contribution in [0, 0.1) is 0 Å². The molecule has 0 aliphatic carbocycles. The first-order chi connectivity index (χ1) is 11.7. The molecule has 5 nitrogen and oxygen atoms in total. The largest absolute Gasteiger partial charge is 0.506 e. The maximum Gasteiger partial charge on any atom is 0.263 e. The van der Waals surface area contributed by atoms with Crippen LogP contribution in [0.3, 0.4) is 0 Å². The molecule has 0 saturated heterocycles. The van der Waals surface area contributed by atoms with Gasteiger partial charge < -0.3 is 5.11 Å². The Balaban J connectivity index is 1.92. The van der Waals surface area contributed by atoms with Crippen molar-refractivity contribution in [3.05, 3.63) is 60.2 Å². The third-order valence-electron chi connectivity index (χ3n) is 3.97. The molecule has 1 heterocycles. The first-order valence-electron chi connectivity index (χ1n) is 7.89. The summed E-state index contributed by atoms with van der Waals surface area (Å²) in [5.41, 5.74) is 1.36. The molecule has 0 fully saturated rings. The van der Waals surface area contributed by atoms with Crippen LogP contribution in [0.1, 0.15) is 26.3 Å². The first-order valence-corrected chi connectivity index (χ1v) is 9.37. The van der Waals surface area contributed by atoms with Crippen molar-refractivity contribution in [2.75, 3.05) is 4.72 Å². The van der Waals surface area contributed by atoms with Crippen molar-refractivity contribution >= 4 is 26.7 Å². The fourth-order valence-electron chi connectivity index (χ4n) is 2.52. The Bertz CT molecular complexity index is 1020. The average molecular weight is 356 g/mol. The van der Waals surface area contributed by atoms with Crippen LogP contribution in [0.15, 0.2) is 59.5 Å². The number of nitrogens with one attached hydrogen (secondary N) is 1. The third-order valence-corrected chi connectivity index (χ3v) is 5.34. The summed E-state index contributed by atoms with van der Waals surface area (Å²) in [6, 6.07) is 15.1. The van der Waals surface area contributed by atoms with E-state index in [1.807, 2.05) is 12.1 Å². The van der Waals surface area contributed by atoms with Crippen molar-refractivity contribution in [1.29, 1.82) is 0 Å². The van der Waals surface area contributed by atoms with E-state index in [0.717, 1.165) is 10.9 Å². The molecule has 2 N–H and O–H groups in total. The van der Waals surface area contributed by atoms with Crippen LogP contribution in [0.25, 0.3) is 10.9 Å². The number of nitrogens with zero attached hydrogens (tertiary/aromatic N) is 1. The van der Waals surface area contributed by atoms with Crippen LogP contribution in [-0.4, -0.2) is 18.5 Å². The highest BCUT2D eigenvalue weighted by Crippen LogP contribution is 2.26. The zero-order valence-electron chi connectivity index (χ0n) is 14.3. The fourth-order valence-corrected chi connectivity index (χ4v) is 3.52. The second-order valence-electron chi connectivity index (χ2n) is 6.93. The molecule has 0 aliphatic heterocycles. The van der Waals surface area contributed by atoms with Gasteiger partial charge in [0.25, 0.3) is 10.0 Å². The van der Waals surface area contributed by atoms with Gasteiger partial charge in [0.1, 0.15) is 17.1 Å². The molecular formula is C19H20N2O3S. The summed E-state index contributed by atoms with van der Waals surface area (Å²) in [7, 11) is -3.75. The van der Waals surface area contributed by atoms with Crippen molar-refractivity contribution < 1.29 is 13.5 Å². The zero-order chi connectivity index (χ0) is 18.2. The molecule has 130 valence electrons. The third kappa shape index (κ3) is 3.58. The van der Waals surface area contributed by atoms with Gasteiger partial charge in [0, 0.05) is 5.39 Å². The lowest BCUT2D eigenvalue weighted by molar-refractivity contribution is 0.480. The summed E-state index contributed by atoms with van der Waals surface area (Å²) < 4.78 is 27.6. The maximum atomic E-state index is 12.6. The van der Waals surface area contributed by atoms with Gasteiger partial charge in [0.2, 0.25) is 0 Å². The molecule has 0 atom stereocenters.